The molecular weight excluding hydrogens is 364 g/mol. The number of rotatable bonds is 8. The first kappa shape index (κ1) is 20.1. The highest BCUT2D eigenvalue weighted by Gasteiger charge is 2.19. The van der Waals surface area contributed by atoms with Crippen LogP contribution in [0.3, 0.4) is 0 Å². The van der Waals surface area contributed by atoms with Gasteiger partial charge in [-0.2, -0.15) is 0 Å². The molecular formula is C24H24N2O3. The number of carbonyl (C=O) groups excluding carboxylic acids is 2. The summed E-state index contributed by atoms with van der Waals surface area (Å²) in [5.74, 6) is 0.354. The lowest BCUT2D eigenvalue weighted by Gasteiger charge is -2.19. The molecule has 0 aliphatic heterocycles. The second-order valence-corrected chi connectivity index (χ2v) is 6.51. The summed E-state index contributed by atoms with van der Waals surface area (Å²) in [4.78, 5) is 25.2. The maximum absolute atomic E-state index is 12.6. The molecule has 29 heavy (non-hydrogen) atoms. The Bertz CT molecular complexity index is 925. The number of benzene rings is 3. The van der Waals surface area contributed by atoms with Crippen molar-refractivity contribution in [2.75, 3.05) is 11.9 Å². The van der Waals surface area contributed by atoms with Crippen LogP contribution in [0, 0.1) is 0 Å². The van der Waals surface area contributed by atoms with Gasteiger partial charge in [0, 0.05) is 11.3 Å². The fourth-order valence-electron chi connectivity index (χ4n) is 2.97. The largest absolute Gasteiger partial charge is 0.494 e. The van der Waals surface area contributed by atoms with Gasteiger partial charge in [0.05, 0.1) is 19.1 Å². The summed E-state index contributed by atoms with van der Waals surface area (Å²) < 4.78 is 5.41. The average molecular weight is 388 g/mol. The predicted octanol–water partition coefficient (Wildman–Crippen LogP) is 4.59. The van der Waals surface area contributed by atoms with Crippen molar-refractivity contribution < 1.29 is 14.3 Å². The van der Waals surface area contributed by atoms with E-state index in [4.69, 9.17) is 4.74 Å². The molecule has 1 unspecified atom stereocenters. The number of anilines is 1. The molecule has 3 aromatic carbocycles. The lowest BCUT2D eigenvalue weighted by Crippen LogP contribution is -2.31. The number of hydrogen-bond donors (Lipinski definition) is 2. The molecule has 0 radical (unpaired) electrons. The summed E-state index contributed by atoms with van der Waals surface area (Å²) in [5, 5.41) is 5.85. The van der Waals surface area contributed by atoms with Crippen LogP contribution in [0.4, 0.5) is 5.69 Å². The van der Waals surface area contributed by atoms with Crippen molar-refractivity contribution in [1.29, 1.82) is 0 Å². The zero-order valence-corrected chi connectivity index (χ0v) is 16.3. The van der Waals surface area contributed by atoms with Gasteiger partial charge in [0.1, 0.15) is 5.75 Å². The maximum atomic E-state index is 12.6. The highest BCUT2D eigenvalue weighted by atomic mass is 16.5. The van der Waals surface area contributed by atoms with Gasteiger partial charge in [-0.05, 0) is 48.9 Å². The SMILES string of the molecule is CCOc1ccc(NC(=O)CC(NC(=O)c2ccccc2)c2ccccc2)cc1. The Balaban J connectivity index is 1.69. The minimum absolute atomic E-state index is 0.121. The first-order valence-corrected chi connectivity index (χ1v) is 9.59. The topological polar surface area (TPSA) is 67.4 Å². The Kier molecular flexibility index (Phi) is 7.00. The highest BCUT2D eigenvalue weighted by molar-refractivity contribution is 5.95. The van der Waals surface area contributed by atoms with Gasteiger partial charge < -0.3 is 15.4 Å². The summed E-state index contributed by atoms with van der Waals surface area (Å²) in [6, 6.07) is 25.2. The third-order valence-corrected chi connectivity index (χ3v) is 4.38. The van der Waals surface area contributed by atoms with Crippen molar-refractivity contribution in [3.05, 3.63) is 96.1 Å². The van der Waals surface area contributed by atoms with Gasteiger partial charge in [0.15, 0.2) is 0 Å². The van der Waals surface area contributed by atoms with Crippen molar-refractivity contribution in [2.24, 2.45) is 0 Å². The smallest absolute Gasteiger partial charge is 0.251 e. The zero-order chi connectivity index (χ0) is 20.5. The van der Waals surface area contributed by atoms with Gasteiger partial charge in [-0.15, -0.1) is 0 Å². The highest BCUT2D eigenvalue weighted by Crippen LogP contribution is 2.20. The van der Waals surface area contributed by atoms with E-state index in [1.54, 1.807) is 24.3 Å². The van der Waals surface area contributed by atoms with E-state index in [1.165, 1.54) is 0 Å². The zero-order valence-electron chi connectivity index (χ0n) is 16.3. The van der Waals surface area contributed by atoms with E-state index in [2.05, 4.69) is 10.6 Å². The maximum Gasteiger partial charge on any atom is 0.251 e. The van der Waals surface area contributed by atoms with Crippen LogP contribution in [0.5, 0.6) is 5.75 Å². The van der Waals surface area contributed by atoms with Crippen LogP contribution in [0.25, 0.3) is 0 Å². The molecule has 2 amide bonds. The Morgan fingerprint density at radius 3 is 2.10 bits per heavy atom. The first-order chi connectivity index (χ1) is 14.2. The van der Waals surface area contributed by atoms with Crippen LogP contribution in [0.1, 0.15) is 35.3 Å². The predicted molar refractivity (Wildman–Crippen MR) is 114 cm³/mol. The van der Waals surface area contributed by atoms with E-state index in [0.717, 1.165) is 11.3 Å². The summed E-state index contributed by atoms with van der Waals surface area (Å²) in [5.41, 5.74) is 2.11. The van der Waals surface area contributed by atoms with E-state index < -0.39 is 6.04 Å². The van der Waals surface area contributed by atoms with Gasteiger partial charge in [-0.3, -0.25) is 9.59 Å². The quantitative estimate of drug-likeness (QED) is 0.593. The molecule has 3 aromatic rings. The summed E-state index contributed by atoms with van der Waals surface area (Å²) >= 11 is 0. The average Bonchev–Trinajstić information content (AvgIpc) is 2.76. The lowest BCUT2D eigenvalue weighted by molar-refractivity contribution is -0.116. The Morgan fingerprint density at radius 2 is 1.48 bits per heavy atom. The third-order valence-electron chi connectivity index (χ3n) is 4.38. The van der Waals surface area contributed by atoms with Gasteiger partial charge in [-0.1, -0.05) is 48.5 Å². The monoisotopic (exact) mass is 388 g/mol. The molecule has 3 rings (SSSR count). The van der Waals surface area contributed by atoms with Gasteiger partial charge >= 0.3 is 0 Å². The molecule has 2 N–H and O–H groups in total. The molecule has 0 saturated carbocycles. The standard InChI is InChI=1S/C24H24N2O3/c1-2-29-21-15-13-20(14-16-21)25-23(27)17-22(18-9-5-3-6-10-18)26-24(28)19-11-7-4-8-12-19/h3-16,22H,2,17H2,1H3,(H,25,27)(H,26,28). The van der Waals surface area contributed by atoms with Crippen LogP contribution in [-0.4, -0.2) is 18.4 Å². The molecule has 0 fully saturated rings. The molecule has 1 atom stereocenters. The van der Waals surface area contributed by atoms with Crippen LogP contribution in [-0.2, 0) is 4.79 Å². The van der Waals surface area contributed by atoms with E-state index in [9.17, 15) is 9.59 Å². The van der Waals surface area contributed by atoms with Crippen molar-refractivity contribution in [1.82, 2.24) is 5.32 Å². The van der Waals surface area contributed by atoms with Crippen LogP contribution in [0.2, 0.25) is 0 Å². The van der Waals surface area contributed by atoms with E-state index >= 15 is 0 Å². The van der Waals surface area contributed by atoms with E-state index in [1.807, 2.05) is 67.6 Å². The van der Waals surface area contributed by atoms with Crippen LogP contribution < -0.4 is 15.4 Å². The summed E-state index contributed by atoms with van der Waals surface area (Å²) in [6.07, 6.45) is 0.121. The van der Waals surface area contributed by atoms with Gasteiger partial charge in [0.25, 0.3) is 5.91 Å². The van der Waals surface area contributed by atoms with Crippen molar-refractivity contribution in [2.45, 2.75) is 19.4 Å². The fraction of sp³-hybridized carbons (Fsp3) is 0.167. The van der Waals surface area contributed by atoms with Crippen molar-refractivity contribution >= 4 is 17.5 Å². The lowest BCUT2D eigenvalue weighted by atomic mass is 10.0. The summed E-state index contributed by atoms with van der Waals surface area (Å²) in [7, 11) is 0. The van der Waals surface area contributed by atoms with Gasteiger partial charge in [0.2, 0.25) is 5.91 Å². The molecule has 0 heterocycles. The molecule has 148 valence electrons. The van der Waals surface area contributed by atoms with Crippen molar-refractivity contribution in [3.63, 3.8) is 0 Å². The molecule has 0 aliphatic rings. The third kappa shape index (κ3) is 5.94. The number of ether oxygens (including phenoxy) is 1. The molecule has 5 heteroatoms. The molecule has 0 spiro atoms. The molecule has 0 aliphatic carbocycles. The van der Waals surface area contributed by atoms with Gasteiger partial charge in [-0.25, -0.2) is 0 Å². The van der Waals surface area contributed by atoms with E-state index in [0.29, 0.717) is 17.9 Å². The normalized spacial score (nSPS) is 11.3. The van der Waals surface area contributed by atoms with E-state index in [-0.39, 0.29) is 18.2 Å². The van der Waals surface area contributed by atoms with Crippen molar-refractivity contribution in [3.8, 4) is 5.75 Å². The number of hydrogen-bond acceptors (Lipinski definition) is 3. The summed E-state index contributed by atoms with van der Waals surface area (Å²) in [6.45, 7) is 2.51. The number of carbonyl (C=O) groups is 2. The second kappa shape index (κ2) is 10.1. The molecule has 5 nitrogen and oxygen atoms in total. The number of amides is 2. The van der Waals surface area contributed by atoms with Crippen LogP contribution in [0.15, 0.2) is 84.9 Å². The molecule has 0 saturated heterocycles. The number of nitrogens with one attached hydrogen (secondary N) is 2. The Morgan fingerprint density at radius 1 is 0.862 bits per heavy atom. The Labute approximate surface area is 170 Å². The minimum atomic E-state index is -0.438. The molecule has 0 aromatic heterocycles. The Hall–Kier alpha value is -3.60. The second-order valence-electron chi connectivity index (χ2n) is 6.51. The minimum Gasteiger partial charge on any atom is -0.494 e. The molecule has 0 bridgehead atoms. The fourth-order valence-corrected chi connectivity index (χ4v) is 2.97. The van der Waals surface area contributed by atoms with Crippen LogP contribution >= 0.6 is 0 Å². The first-order valence-electron chi connectivity index (χ1n) is 9.59.